The number of hydrogen-bond donors (Lipinski definition) is 1. The van der Waals surface area contributed by atoms with Crippen molar-refractivity contribution in [3.63, 3.8) is 0 Å². The molecule has 4 heteroatoms. The second-order valence-electron chi connectivity index (χ2n) is 6.42. The van der Waals surface area contributed by atoms with Gasteiger partial charge in [0.2, 0.25) is 5.91 Å². The van der Waals surface area contributed by atoms with Crippen molar-refractivity contribution in [2.45, 2.75) is 31.7 Å². The van der Waals surface area contributed by atoms with E-state index >= 15 is 0 Å². The fourth-order valence-electron chi connectivity index (χ4n) is 3.69. The van der Waals surface area contributed by atoms with Gasteiger partial charge in [-0.2, -0.15) is 0 Å². The zero-order valence-electron chi connectivity index (χ0n) is 13.6. The second-order valence-corrected chi connectivity index (χ2v) is 6.42. The number of H-pyrrole nitrogens is 1. The highest BCUT2D eigenvalue weighted by Crippen LogP contribution is 2.31. The molecule has 4 rings (SSSR count). The highest BCUT2D eigenvalue weighted by molar-refractivity contribution is 5.89. The van der Waals surface area contributed by atoms with Crippen molar-refractivity contribution in [3.8, 4) is 0 Å². The maximum Gasteiger partial charge on any atom is 0.227 e. The first-order chi connectivity index (χ1) is 11.8. The number of nitrogens with zero attached hydrogens (tertiary/aromatic N) is 2. The van der Waals surface area contributed by atoms with Crippen LogP contribution in [0.15, 0.2) is 55.0 Å². The van der Waals surface area contributed by atoms with Crippen LogP contribution in [-0.4, -0.2) is 27.3 Å². The highest BCUT2D eigenvalue weighted by atomic mass is 16.2. The minimum atomic E-state index is 0.158. The van der Waals surface area contributed by atoms with Crippen LogP contribution in [-0.2, 0) is 11.2 Å². The first-order valence-corrected chi connectivity index (χ1v) is 8.57. The largest absolute Gasteiger partial charge is 0.361 e. The third-order valence-electron chi connectivity index (χ3n) is 4.91. The first-order valence-electron chi connectivity index (χ1n) is 8.57. The zero-order chi connectivity index (χ0) is 16.4. The van der Waals surface area contributed by atoms with E-state index in [0.717, 1.165) is 47.8 Å². The maximum absolute atomic E-state index is 13.0. The van der Waals surface area contributed by atoms with E-state index in [0.29, 0.717) is 6.42 Å². The topological polar surface area (TPSA) is 49.0 Å². The molecule has 2 aromatic heterocycles. The van der Waals surface area contributed by atoms with E-state index in [1.54, 1.807) is 6.20 Å². The van der Waals surface area contributed by atoms with Crippen LogP contribution in [0.2, 0.25) is 0 Å². The summed E-state index contributed by atoms with van der Waals surface area (Å²) in [5.74, 6) is 0.202. The molecule has 1 aliphatic rings. The van der Waals surface area contributed by atoms with Crippen molar-refractivity contribution < 1.29 is 4.79 Å². The van der Waals surface area contributed by atoms with Gasteiger partial charge in [0.05, 0.1) is 12.5 Å². The molecule has 1 saturated heterocycles. The van der Waals surface area contributed by atoms with Crippen molar-refractivity contribution in [2.24, 2.45) is 0 Å². The predicted octanol–water partition coefficient (Wildman–Crippen LogP) is 3.86. The van der Waals surface area contributed by atoms with Gasteiger partial charge in [-0.25, -0.2) is 0 Å². The molecule has 0 bridgehead atoms. The summed E-state index contributed by atoms with van der Waals surface area (Å²) in [4.78, 5) is 22.5. The van der Waals surface area contributed by atoms with Crippen LogP contribution in [0.1, 0.15) is 36.4 Å². The molecule has 1 aliphatic heterocycles. The zero-order valence-corrected chi connectivity index (χ0v) is 13.6. The summed E-state index contributed by atoms with van der Waals surface area (Å²) in [5, 5.41) is 1.14. The highest BCUT2D eigenvalue weighted by Gasteiger charge is 2.28. The number of nitrogens with one attached hydrogen (secondary N) is 1. The van der Waals surface area contributed by atoms with E-state index in [4.69, 9.17) is 0 Å². The van der Waals surface area contributed by atoms with Crippen LogP contribution >= 0.6 is 0 Å². The molecular formula is C20H21N3O. The minimum Gasteiger partial charge on any atom is -0.361 e. The van der Waals surface area contributed by atoms with Crippen molar-refractivity contribution in [1.82, 2.24) is 14.9 Å². The maximum atomic E-state index is 13.0. The van der Waals surface area contributed by atoms with E-state index in [9.17, 15) is 4.79 Å². The molecule has 122 valence electrons. The average molecular weight is 319 g/mol. The number of piperidine rings is 1. The number of benzene rings is 1. The molecule has 1 N–H and O–H groups in total. The molecule has 0 radical (unpaired) electrons. The Kier molecular flexibility index (Phi) is 4.03. The van der Waals surface area contributed by atoms with Gasteiger partial charge in [0.25, 0.3) is 0 Å². The standard InChI is InChI=1S/C20H21N3O/c24-20(12-16-14-22-18-8-2-1-7-17(16)18)23-11-4-3-9-19(23)15-6-5-10-21-13-15/h1-2,5-8,10,13-14,19,22H,3-4,9,11-12H2/t19-/m0/s1. The number of pyridine rings is 1. The van der Waals surface area contributed by atoms with Gasteiger partial charge in [-0.05, 0) is 42.5 Å². The Balaban J connectivity index is 1.58. The van der Waals surface area contributed by atoms with Gasteiger partial charge in [-0.1, -0.05) is 24.3 Å². The Morgan fingerprint density at radius 3 is 3.00 bits per heavy atom. The number of para-hydroxylation sites is 1. The Bertz CT molecular complexity index is 840. The Morgan fingerprint density at radius 2 is 2.12 bits per heavy atom. The number of fused-ring (bicyclic) bond motifs is 1. The van der Waals surface area contributed by atoms with Gasteiger partial charge in [0.15, 0.2) is 0 Å². The number of rotatable bonds is 3. The number of aromatic amines is 1. The van der Waals surface area contributed by atoms with Crippen LogP contribution in [0.4, 0.5) is 0 Å². The Hall–Kier alpha value is -2.62. The minimum absolute atomic E-state index is 0.158. The van der Waals surface area contributed by atoms with Crippen LogP contribution in [0.3, 0.4) is 0 Å². The lowest BCUT2D eigenvalue weighted by Crippen LogP contribution is -2.39. The second kappa shape index (κ2) is 6.48. The summed E-state index contributed by atoms with van der Waals surface area (Å²) >= 11 is 0. The lowest BCUT2D eigenvalue weighted by atomic mass is 9.95. The van der Waals surface area contributed by atoms with E-state index in [2.05, 4.69) is 22.1 Å². The van der Waals surface area contributed by atoms with E-state index < -0.39 is 0 Å². The SMILES string of the molecule is O=C(Cc1c[nH]c2ccccc12)N1CCCC[C@H]1c1cccnc1. The van der Waals surface area contributed by atoms with E-state index in [1.165, 1.54) is 0 Å². The normalized spacial score (nSPS) is 18.0. The molecule has 1 atom stereocenters. The van der Waals surface area contributed by atoms with Crippen LogP contribution in [0.5, 0.6) is 0 Å². The van der Waals surface area contributed by atoms with Gasteiger partial charge >= 0.3 is 0 Å². The van der Waals surface area contributed by atoms with Gasteiger partial charge in [-0.15, -0.1) is 0 Å². The molecule has 0 unspecified atom stereocenters. The average Bonchev–Trinajstić information content (AvgIpc) is 3.05. The summed E-state index contributed by atoms with van der Waals surface area (Å²) in [6.45, 7) is 0.834. The third-order valence-corrected chi connectivity index (χ3v) is 4.91. The van der Waals surface area contributed by atoms with Crippen molar-refractivity contribution in [2.75, 3.05) is 6.54 Å². The van der Waals surface area contributed by atoms with Gasteiger partial charge in [-0.3, -0.25) is 9.78 Å². The van der Waals surface area contributed by atoms with Crippen molar-refractivity contribution in [1.29, 1.82) is 0 Å². The molecule has 3 aromatic rings. The van der Waals surface area contributed by atoms with E-state index in [1.807, 2.05) is 41.6 Å². The fourth-order valence-corrected chi connectivity index (χ4v) is 3.69. The summed E-state index contributed by atoms with van der Waals surface area (Å²) in [6, 6.07) is 12.3. The summed E-state index contributed by atoms with van der Waals surface area (Å²) in [7, 11) is 0. The summed E-state index contributed by atoms with van der Waals surface area (Å²) in [5.41, 5.74) is 3.30. The summed E-state index contributed by atoms with van der Waals surface area (Å²) in [6.07, 6.45) is 9.34. The Morgan fingerprint density at radius 1 is 1.21 bits per heavy atom. The molecule has 3 heterocycles. The van der Waals surface area contributed by atoms with Gasteiger partial charge < -0.3 is 9.88 Å². The van der Waals surface area contributed by atoms with E-state index in [-0.39, 0.29) is 11.9 Å². The predicted molar refractivity (Wildman–Crippen MR) is 94.5 cm³/mol. The number of carbonyl (C=O) groups is 1. The smallest absolute Gasteiger partial charge is 0.227 e. The van der Waals surface area contributed by atoms with Crippen LogP contribution < -0.4 is 0 Å². The molecule has 1 amide bonds. The molecule has 1 aromatic carbocycles. The monoisotopic (exact) mass is 319 g/mol. The lowest BCUT2D eigenvalue weighted by Gasteiger charge is -2.36. The van der Waals surface area contributed by atoms with Crippen LogP contribution in [0.25, 0.3) is 10.9 Å². The van der Waals surface area contributed by atoms with Crippen molar-refractivity contribution >= 4 is 16.8 Å². The number of likely N-dealkylation sites (tertiary alicyclic amines) is 1. The number of carbonyl (C=O) groups excluding carboxylic acids is 1. The fraction of sp³-hybridized carbons (Fsp3) is 0.300. The molecule has 4 nitrogen and oxygen atoms in total. The summed E-state index contributed by atoms with van der Waals surface area (Å²) < 4.78 is 0. The molecule has 1 fully saturated rings. The van der Waals surface area contributed by atoms with Gasteiger partial charge in [0, 0.05) is 36.0 Å². The third kappa shape index (κ3) is 2.80. The van der Waals surface area contributed by atoms with Crippen molar-refractivity contribution in [3.05, 3.63) is 66.1 Å². The quantitative estimate of drug-likeness (QED) is 0.797. The molecule has 24 heavy (non-hydrogen) atoms. The van der Waals surface area contributed by atoms with Crippen LogP contribution in [0, 0.1) is 0 Å². The molecule has 0 spiro atoms. The van der Waals surface area contributed by atoms with Gasteiger partial charge in [0.1, 0.15) is 0 Å². The lowest BCUT2D eigenvalue weighted by molar-refractivity contribution is -0.134. The molecule has 0 aliphatic carbocycles. The Labute approximate surface area is 141 Å². The molecule has 0 saturated carbocycles. The number of aromatic nitrogens is 2. The molecular weight excluding hydrogens is 298 g/mol. The number of amides is 1. The first kappa shape index (κ1) is 14.9. The number of hydrogen-bond acceptors (Lipinski definition) is 2.